The molecule has 1 aromatic heterocycles. The third-order valence-electron chi connectivity index (χ3n) is 3.42. The van der Waals surface area contributed by atoms with Crippen LogP contribution in [0.15, 0.2) is 18.3 Å². The Morgan fingerprint density at radius 3 is 3.21 bits per heavy atom. The van der Waals surface area contributed by atoms with Crippen LogP contribution >= 0.6 is 0 Å². The number of nitrogens with one attached hydrogen (secondary N) is 1. The van der Waals surface area contributed by atoms with Gasteiger partial charge in [-0.2, -0.15) is 0 Å². The van der Waals surface area contributed by atoms with Crippen molar-refractivity contribution in [3.05, 3.63) is 28.4 Å². The van der Waals surface area contributed by atoms with Crippen LogP contribution in [-0.2, 0) is 4.74 Å². The van der Waals surface area contributed by atoms with Crippen LogP contribution in [0.5, 0.6) is 0 Å². The molecule has 1 N–H and O–H groups in total. The zero-order valence-corrected chi connectivity index (χ0v) is 11.0. The van der Waals surface area contributed by atoms with Gasteiger partial charge in [-0.3, -0.25) is 10.1 Å². The third-order valence-corrected chi connectivity index (χ3v) is 3.42. The van der Waals surface area contributed by atoms with Gasteiger partial charge in [-0.15, -0.1) is 0 Å². The predicted molar refractivity (Wildman–Crippen MR) is 72.1 cm³/mol. The Morgan fingerprint density at radius 1 is 1.63 bits per heavy atom. The number of pyridine rings is 1. The Bertz CT molecular complexity index is 439. The van der Waals surface area contributed by atoms with Gasteiger partial charge in [0.15, 0.2) is 0 Å². The summed E-state index contributed by atoms with van der Waals surface area (Å²) in [5.41, 5.74) is 0.0304. The summed E-state index contributed by atoms with van der Waals surface area (Å²) in [6, 6.07) is 3.04. The first-order valence-corrected chi connectivity index (χ1v) is 6.61. The smallest absolute Gasteiger partial charge is 0.311 e. The van der Waals surface area contributed by atoms with E-state index in [4.69, 9.17) is 4.74 Å². The molecule has 2 rings (SSSR count). The second kappa shape index (κ2) is 6.47. The molecule has 0 saturated carbocycles. The van der Waals surface area contributed by atoms with E-state index in [1.807, 2.05) is 0 Å². The molecule has 0 amide bonds. The molecule has 0 aliphatic carbocycles. The van der Waals surface area contributed by atoms with Crippen molar-refractivity contribution in [3.63, 3.8) is 0 Å². The fourth-order valence-corrected chi connectivity index (χ4v) is 2.43. The van der Waals surface area contributed by atoms with Gasteiger partial charge in [0.25, 0.3) is 0 Å². The summed E-state index contributed by atoms with van der Waals surface area (Å²) in [6.07, 6.45) is 5.00. The van der Waals surface area contributed by atoms with E-state index in [0.29, 0.717) is 24.4 Å². The van der Waals surface area contributed by atoms with E-state index in [9.17, 15) is 10.1 Å². The number of ether oxygens (including phenoxy) is 1. The molecule has 1 fully saturated rings. The second-order valence-corrected chi connectivity index (χ2v) is 4.92. The predicted octanol–water partition coefficient (Wildman–Crippen LogP) is 2.61. The summed E-state index contributed by atoms with van der Waals surface area (Å²) >= 11 is 0. The Balaban J connectivity index is 1.84. The molecule has 0 unspecified atom stereocenters. The van der Waals surface area contributed by atoms with Crippen LogP contribution < -0.4 is 5.32 Å². The first-order chi connectivity index (χ1) is 9.16. The molecule has 2 atom stereocenters. The molecule has 1 aliphatic heterocycles. The minimum Gasteiger partial charge on any atom is -0.378 e. The van der Waals surface area contributed by atoms with Crippen LogP contribution in [0.1, 0.15) is 26.2 Å². The Labute approximate surface area is 112 Å². The van der Waals surface area contributed by atoms with Crippen LogP contribution in [0.4, 0.5) is 11.5 Å². The lowest BCUT2D eigenvalue weighted by atomic mass is 9.93. The van der Waals surface area contributed by atoms with Gasteiger partial charge in [-0.25, -0.2) is 4.98 Å². The van der Waals surface area contributed by atoms with Crippen LogP contribution in [0.25, 0.3) is 0 Å². The lowest BCUT2D eigenvalue weighted by Crippen LogP contribution is -2.24. The molecule has 1 saturated heterocycles. The van der Waals surface area contributed by atoms with Crippen LogP contribution in [0.2, 0.25) is 0 Å². The van der Waals surface area contributed by atoms with E-state index in [2.05, 4.69) is 17.2 Å². The molecule has 6 nitrogen and oxygen atoms in total. The molecule has 0 aromatic carbocycles. The highest BCUT2D eigenvalue weighted by Gasteiger charge is 2.19. The van der Waals surface area contributed by atoms with Crippen LogP contribution in [-0.4, -0.2) is 29.2 Å². The summed E-state index contributed by atoms with van der Waals surface area (Å²) in [5, 5.41) is 13.9. The van der Waals surface area contributed by atoms with Crippen molar-refractivity contribution in [1.29, 1.82) is 0 Å². The molecule has 0 spiro atoms. The van der Waals surface area contributed by atoms with Gasteiger partial charge in [0.05, 0.1) is 11.0 Å². The molecule has 1 aromatic rings. The van der Waals surface area contributed by atoms with Crippen LogP contribution in [0.3, 0.4) is 0 Å². The molecule has 104 valence electrons. The fourth-order valence-electron chi connectivity index (χ4n) is 2.43. The SMILES string of the molecule is C[C@@H]1C[C@@H](CCNc2ncccc2[N+](=O)[O-])CCO1. The maximum absolute atomic E-state index is 10.8. The van der Waals surface area contributed by atoms with Crippen molar-refractivity contribution in [2.24, 2.45) is 5.92 Å². The Hall–Kier alpha value is -1.69. The number of rotatable bonds is 5. The molecule has 1 aliphatic rings. The van der Waals surface area contributed by atoms with Crippen molar-refractivity contribution < 1.29 is 9.66 Å². The lowest BCUT2D eigenvalue weighted by molar-refractivity contribution is -0.384. The lowest BCUT2D eigenvalue weighted by Gasteiger charge is -2.27. The fraction of sp³-hybridized carbons (Fsp3) is 0.615. The minimum atomic E-state index is -0.411. The first-order valence-electron chi connectivity index (χ1n) is 6.61. The number of anilines is 1. The van der Waals surface area contributed by atoms with E-state index in [0.717, 1.165) is 25.9 Å². The van der Waals surface area contributed by atoms with Gasteiger partial charge in [0.1, 0.15) is 0 Å². The summed E-state index contributed by atoms with van der Waals surface area (Å²) in [7, 11) is 0. The molecular formula is C13H19N3O3. The van der Waals surface area contributed by atoms with Gasteiger partial charge < -0.3 is 10.1 Å². The van der Waals surface area contributed by atoms with Crippen molar-refractivity contribution in [1.82, 2.24) is 4.98 Å². The molecule has 6 heteroatoms. The summed E-state index contributed by atoms with van der Waals surface area (Å²) in [6.45, 7) is 3.61. The molecule has 2 heterocycles. The maximum atomic E-state index is 10.8. The van der Waals surface area contributed by atoms with Crippen molar-refractivity contribution in [3.8, 4) is 0 Å². The van der Waals surface area contributed by atoms with Crippen LogP contribution in [0, 0.1) is 16.0 Å². The number of nitrogens with zero attached hydrogens (tertiary/aromatic N) is 2. The van der Waals surface area contributed by atoms with E-state index in [1.165, 1.54) is 6.07 Å². The quantitative estimate of drug-likeness (QED) is 0.654. The van der Waals surface area contributed by atoms with Gasteiger partial charge in [0.2, 0.25) is 5.82 Å². The highest BCUT2D eigenvalue weighted by Crippen LogP contribution is 2.24. The Kier molecular flexibility index (Phi) is 4.68. The van der Waals surface area contributed by atoms with E-state index < -0.39 is 4.92 Å². The van der Waals surface area contributed by atoms with Crippen molar-refractivity contribution in [2.45, 2.75) is 32.3 Å². The molecule has 0 bridgehead atoms. The largest absolute Gasteiger partial charge is 0.378 e. The Morgan fingerprint density at radius 2 is 2.47 bits per heavy atom. The number of hydrogen-bond acceptors (Lipinski definition) is 5. The van der Waals surface area contributed by atoms with Gasteiger partial charge >= 0.3 is 5.69 Å². The zero-order chi connectivity index (χ0) is 13.7. The van der Waals surface area contributed by atoms with E-state index >= 15 is 0 Å². The van der Waals surface area contributed by atoms with E-state index in [-0.39, 0.29) is 5.69 Å². The summed E-state index contributed by atoms with van der Waals surface area (Å²) < 4.78 is 5.50. The second-order valence-electron chi connectivity index (χ2n) is 4.92. The van der Waals surface area contributed by atoms with Gasteiger partial charge in [0, 0.05) is 25.4 Å². The molecule has 0 radical (unpaired) electrons. The highest BCUT2D eigenvalue weighted by atomic mass is 16.6. The summed E-state index contributed by atoms with van der Waals surface area (Å²) in [5.74, 6) is 0.978. The molecule has 19 heavy (non-hydrogen) atoms. The average molecular weight is 265 g/mol. The average Bonchev–Trinajstić information content (AvgIpc) is 2.39. The first kappa shape index (κ1) is 13.7. The van der Waals surface area contributed by atoms with Gasteiger partial charge in [-0.1, -0.05) is 0 Å². The summed E-state index contributed by atoms with van der Waals surface area (Å²) in [4.78, 5) is 14.4. The van der Waals surface area contributed by atoms with E-state index in [1.54, 1.807) is 12.3 Å². The normalized spacial score (nSPS) is 23.0. The molecular weight excluding hydrogens is 246 g/mol. The highest BCUT2D eigenvalue weighted by molar-refractivity contribution is 5.54. The number of nitro groups is 1. The minimum absolute atomic E-state index is 0.0304. The van der Waals surface area contributed by atoms with Gasteiger partial charge in [-0.05, 0) is 38.2 Å². The standard InChI is InChI=1S/C13H19N3O3/c1-10-9-11(5-8-19-10)4-7-15-13-12(16(17)18)3-2-6-14-13/h2-3,6,10-11H,4-5,7-9H2,1H3,(H,14,15)/t10-,11+/m1/s1. The number of aromatic nitrogens is 1. The van der Waals surface area contributed by atoms with Crippen molar-refractivity contribution >= 4 is 11.5 Å². The third kappa shape index (κ3) is 3.89. The monoisotopic (exact) mass is 265 g/mol. The number of hydrogen-bond donors (Lipinski definition) is 1. The topological polar surface area (TPSA) is 77.3 Å². The van der Waals surface area contributed by atoms with Crippen molar-refractivity contribution in [2.75, 3.05) is 18.5 Å². The maximum Gasteiger partial charge on any atom is 0.311 e. The zero-order valence-electron chi connectivity index (χ0n) is 11.0.